The van der Waals surface area contributed by atoms with Gasteiger partial charge in [-0.05, 0) is 31.7 Å². The second kappa shape index (κ2) is 6.41. The van der Waals surface area contributed by atoms with E-state index in [1.807, 2.05) is 13.2 Å². The molecular weight excluding hydrogens is 278 g/mol. The second-order valence-corrected chi connectivity index (χ2v) is 6.79. The minimum atomic E-state index is 0.109. The lowest BCUT2D eigenvalue weighted by atomic mass is 9.55. The van der Waals surface area contributed by atoms with Crippen LogP contribution in [0, 0.1) is 5.41 Å². The molecule has 122 valence electrons. The van der Waals surface area contributed by atoms with Gasteiger partial charge in [-0.3, -0.25) is 9.48 Å². The summed E-state index contributed by atoms with van der Waals surface area (Å²) in [4.78, 5) is 12.3. The number of aromatic nitrogens is 2. The first-order chi connectivity index (χ1) is 10.6. The molecule has 0 bridgehead atoms. The summed E-state index contributed by atoms with van der Waals surface area (Å²) in [5.74, 6) is 0.109. The van der Waals surface area contributed by atoms with Gasteiger partial charge in [0.2, 0.25) is 5.91 Å². The molecule has 1 amide bonds. The molecule has 1 spiro atoms. The van der Waals surface area contributed by atoms with Crippen LogP contribution in [0.15, 0.2) is 12.4 Å². The van der Waals surface area contributed by atoms with Crippen LogP contribution in [-0.2, 0) is 23.0 Å². The summed E-state index contributed by atoms with van der Waals surface area (Å²) >= 11 is 0. The van der Waals surface area contributed by atoms with Gasteiger partial charge in [0.15, 0.2) is 0 Å². The maximum atomic E-state index is 12.3. The predicted octanol–water partition coefficient (Wildman–Crippen LogP) is 2.21. The minimum absolute atomic E-state index is 0.109. The summed E-state index contributed by atoms with van der Waals surface area (Å²) in [5, 5.41) is 7.39. The van der Waals surface area contributed by atoms with Crippen molar-refractivity contribution < 1.29 is 9.53 Å². The van der Waals surface area contributed by atoms with Gasteiger partial charge in [-0.15, -0.1) is 0 Å². The molecule has 2 aliphatic rings. The summed E-state index contributed by atoms with van der Waals surface area (Å²) in [7, 11) is 1.87. The van der Waals surface area contributed by atoms with E-state index >= 15 is 0 Å². The molecule has 0 aliphatic heterocycles. The summed E-state index contributed by atoms with van der Waals surface area (Å²) in [6.07, 6.45) is 11.6. The van der Waals surface area contributed by atoms with Crippen LogP contribution in [0.4, 0.5) is 0 Å². The normalized spacial score (nSPS) is 26.6. The van der Waals surface area contributed by atoms with Crippen LogP contribution < -0.4 is 5.32 Å². The van der Waals surface area contributed by atoms with Crippen molar-refractivity contribution in [3.05, 3.63) is 18.0 Å². The van der Waals surface area contributed by atoms with Gasteiger partial charge in [-0.1, -0.05) is 19.3 Å². The molecule has 1 aromatic rings. The number of nitrogens with one attached hydrogen (secondary N) is 1. The van der Waals surface area contributed by atoms with Gasteiger partial charge in [-0.25, -0.2) is 0 Å². The Kier molecular flexibility index (Phi) is 4.52. The van der Waals surface area contributed by atoms with Crippen molar-refractivity contribution in [2.75, 3.05) is 6.61 Å². The molecule has 3 rings (SSSR count). The van der Waals surface area contributed by atoms with E-state index in [9.17, 15) is 4.79 Å². The van der Waals surface area contributed by atoms with Gasteiger partial charge in [0.25, 0.3) is 0 Å². The summed E-state index contributed by atoms with van der Waals surface area (Å²) in [6.45, 7) is 2.83. The average molecular weight is 305 g/mol. The molecule has 2 aliphatic carbocycles. The Labute approximate surface area is 132 Å². The number of amides is 1. The Morgan fingerprint density at radius 3 is 2.86 bits per heavy atom. The number of ether oxygens (including phenoxy) is 1. The quantitative estimate of drug-likeness (QED) is 0.907. The molecule has 5 heteroatoms. The fourth-order valence-corrected chi connectivity index (χ4v) is 4.26. The Hall–Kier alpha value is -1.36. The zero-order valence-electron chi connectivity index (χ0n) is 13.7. The lowest BCUT2D eigenvalue weighted by Crippen LogP contribution is -2.65. The van der Waals surface area contributed by atoms with Crippen LogP contribution in [0.25, 0.3) is 0 Å². The molecule has 0 aromatic carbocycles. The van der Waals surface area contributed by atoms with E-state index in [1.54, 1.807) is 10.9 Å². The highest BCUT2D eigenvalue weighted by Crippen LogP contribution is 2.53. The van der Waals surface area contributed by atoms with E-state index in [-0.39, 0.29) is 17.4 Å². The van der Waals surface area contributed by atoms with Crippen molar-refractivity contribution in [3.8, 4) is 0 Å². The molecule has 2 saturated carbocycles. The molecule has 2 unspecified atom stereocenters. The fourth-order valence-electron chi connectivity index (χ4n) is 4.26. The first-order valence-electron chi connectivity index (χ1n) is 8.52. The van der Waals surface area contributed by atoms with Gasteiger partial charge in [0.1, 0.15) is 0 Å². The third-order valence-electron chi connectivity index (χ3n) is 5.40. The molecule has 5 nitrogen and oxygen atoms in total. The van der Waals surface area contributed by atoms with Gasteiger partial charge >= 0.3 is 0 Å². The second-order valence-electron chi connectivity index (χ2n) is 6.79. The Morgan fingerprint density at radius 2 is 2.23 bits per heavy atom. The molecule has 1 aromatic heterocycles. The van der Waals surface area contributed by atoms with Crippen LogP contribution in [0.3, 0.4) is 0 Å². The summed E-state index contributed by atoms with van der Waals surface area (Å²) in [5.41, 5.74) is 1.16. The zero-order chi connectivity index (χ0) is 15.6. The fraction of sp³-hybridized carbons (Fsp3) is 0.765. The Morgan fingerprint density at radius 1 is 1.45 bits per heavy atom. The van der Waals surface area contributed by atoms with E-state index in [1.165, 1.54) is 32.1 Å². The topological polar surface area (TPSA) is 56.1 Å². The molecule has 0 saturated heterocycles. The standard InChI is InChI=1S/C17H27N3O2/c1-3-22-15-10-14(17(15)7-5-4-6-8-17)19-16(21)9-13-11-18-20(2)12-13/h11-12,14-15H,3-10H2,1-2H3,(H,19,21). The molecule has 1 heterocycles. The molecule has 22 heavy (non-hydrogen) atoms. The average Bonchev–Trinajstić information content (AvgIpc) is 2.92. The molecule has 1 N–H and O–H groups in total. The number of carbonyl (C=O) groups excluding carboxylic acids is 1. The van der Waals surface area contributed by atoms with E-state index in [4.69, 9.17) is 4.74 Å². The molecular formula is C17H27N3O2. The zero-order valence-corrected chi connectivity index (χ0v) is 13.7. The lowest BCUT2D eigenvalue weighted by molar-refractivity contribution is -0.156. The number of nitrogens with zero attached hydrogens (tertiary/aromatic N) is 2. The van der Waals surface area contributed by atoms with E-state index in [0.29, 0.717) is 12.5 Å². The highest BCUT2D eigenvalue weighted by Gasteiger charge is 2.56. The summed E-state index contributed by atoms with van der Waals surface area (Å²) < 4.78 is 7.68. The van der Waals surface area contributed by atoms with Crippen molar-refractivity contribution in [2.45, 2.75) is 64.0 Å². The Bertz CT molecular complexity index is 520. The van der Waals surface area contributed by atoms with Crippen LogP contribution >= 0.6 is 0 Å². The van der Waals surface area contributed by atoms with Gasteiger partial charge in [0, 0.05) is 31.3 Å². The number of carbonyl (C=O) groups is 1. The SMILES string of the molecule is CCOC1CC(NC(=O)Cc2cnn(C)c2)C12CCCCC2. The first-order valence-corrected chi connectivity index (χ1v) is 8.52. The van der Waals surface area contributed by atoms with Crippen molar-refractivity contribution in [1.82, 2.24) is 15.1 Å². The van der Waals surface area contributed by atoms with Gasteiger partial charge in [-0.2, -0.15) is 5.10 Å². The van der Waals surface area contributed by atoms with Crippen LogP contribution in [0.2, 0.25) is 0 Å². The third kappa shape index (κ3) is 2.91. The highest BCUT2D eigenvalue weighted by atomic mass is 16.5. The Balaban J connectivity index is 1.60. The van der Waals surface area contributed by atoms with Crippen LogP contribution in [-0.4, -0.2) is 34.4 Å². The maximum Gasteiger partial charge on any atom is 0.224 e. The lowest BCUT2D eigenvalue weighted by Gasteiger charge is -2.57. The maximum absolute atomic E-state index is 12.3. The summed E-state index contributed by atoms with van der Waals surface area (Å²) in [6, 6.07) is 0.286. The molecule has 2 fully saturated rings. The van der Waals surface area contributed by atoms with Crippen LogP contribution in [0.5, 0.6) is 0 Å². The minimum Gasteiger partial charge on any atom is -0.378 e. The molecule has 2 atom stereocenters. The van der Waals surface area contributed by atoms with Gasteiger partial charge in [0.05, 0.1) is 18.7 Å². The largest absolute Gasteiger partial charge is 0.378 e. The predicted molar refractivity (Wildman–Crippen MR) is 84.4 cm³/mol. The number of aryl methyl sites for hydroxylation is 1. The number of hydrogen-bond donors (Lipinski definition) is 1. The number of hydrogen-bond acceptors (Lipinski definition) is 3. The molecule has 0 radical (unpaired) electrons. The van der Waals surface area contributed by atoms with E-state index in [0.717, 1.165) is 18.6 Å². The van der Waals surface area contributed by atoms with Crippen molar-refractivity contribution in [2.24, 2.45) is 12.5 Å². The smallest absolute Gasteiger partial charge is 0.224 e. The van der Waals surface area contributed by atoms with E-state index < -0.39 is 0 Å². The highest BCUT2D eigenvalue weighted by molar-refractivity contribution is 5.79. The van der Waals surface area contributed by atoms with Crippen molar-refractivity contribution in [3.63, 3.8) is 0 Å². The van der Waals surface area contributed by atoms with Crippen molar-refractivity contribution in [1.29, 1.82) is 0 Å². The monoisotopic (exact) mass is 305 g/mol. The van der Waals surface area contributed by atoms with Crippen LogP contribution in [0.1, 0.15) is 51.0 Å². The van der Waals surface area contributed by atoms with Crippen molar-refractivity contribution >= 4 is 5.91 Å². The number of rotatable bonds is 5. The third-order valence-corrected chi connectivity index (χ3v) is 5.40. The first kappa shape index (κ1) is 15.5. The van der Waals surface area contributed by atoms with Gasteiger partial charge < -0.3 is 10.1 Å². The van der Waals surface area contributed by atoms with E-state index in [2.05, 4.69) is 17.3 Å².